The standard InChI is InChI=1S/C18H13F2N3O2/c19-11-4-5-16(15(20)7-11)23-18-14(9-21-23)13(8-17(25)22-18)10-2-1-3-12(24)6-10/h1-7,9,13,24H,8H2,(H,22,25)/t13-/m1/s1. The van der Waals surface area contributed by atoms with Gasteiger partial charge >= 0.3 is 0 Å². The number of rotatable bonds is 2. The number of hydrogen-bond donors (Lipinski definition) is 2. The minimum Gasteiger partial charge on any atom is -0.508 e. The number of halogens is 2. The minimum absolute atomic E-state index is 0.0412. The first-order chi connectivity index (χ1) is 12.0. The topological polar surface area (TPSA) is 67.1 Å². The Hall–Kier alpha value is -3.22. The summed E-state index contributed by atoms with van der Waals surface area (Å²) in [5, 5.41) is 16.6. The molecule has 0 unspecified atom stereocenters. The second-order valence-electron chi connectivity index (χ2n) is 5.86. The van der Waals surface area contributed by atoms with E-state index in [1.54, 1.807) is 24.4 Å². The fourth-order valence-corrected chi connectivity index (χ4v) is 3.09. The van der Waals surface area contributed by atoms with Gasteiger partial charge in [-0.3, -0.25) is 4.79 Å². The molecule has 5 nitrogen and oxygen atoms in total. The Morgan fingerprint density at radius 1 is 1.20 bits per heavy atom. The number of aromatic nitrogens is 2. The van der Waals surface area contributed by atoms with Crippen LogP contribution in [0, 0.1) is 11.6 Å². The van der Waals surface area contributed by atoms with Crippen molar-refractivity contribution in [2.24, 2.45) is 0 Å². The molecule has 1 aromatic heterocycles. The van der Waals surface area contributed by atoms with Gasteiger partial charge in [-0.05, 0) is 29.8 Å². The lowest BCUT2D eigenvalue weighted by atomic mass is 9.87. The van der Waals surface area contributed by atoms with Crippen LogP contribution in [0.15, 0.2) is 48.7 Å². The van der Waals surface area contributed by atoms with E-state index in [0.29, 0.717) is 11.4 Å². The molecular weight excluding hydrogens is 328 g/mol. The van der Waals surface area contributed by atoms with E-state index in [0.717, 1.165) is 17.7 Å². The van der Waals surface area contributed by atoms with Gasteiger partial charge in [0.1, 0.15) is 23.1 Å². The lowest BCUT2D eigenvalue weighted by Crippen LogP contribution is -2.24. The van der Waals surface area contributed by atoms with Crippen molar-refractivity contribution < 1.29 is 18.7 Å². The van der Waals surface area contributed by atoms with Gasteiger partial charge in [-0.25, -0.2) is 13.5 Å². The molecular formula is C18H13F2N3O2. The SMILES string of the molecule is O=C1C[C@H](c2cccc(O)c2)c2cnn(-c3ccc(F)cc3F)c2N1. The fourth-order valence-electron chi connectivity index (χ4n) is 3.09. The molecule has 0 saturated carbocycles. The summed E-state index contributed by atoms with van der Waals surface area (Å²) in [6, 6.07) is 9.80. The molecule has 0 aliphatic carbocycles. The highest BCUT2D eigenvalue weighted by Crippen LogP contribution is 2.39. The van der Waals surface area contributed by atoms with Gasteiger partial charge in [-0.15, -0.1) is 0 Å². The van der Waals surface area contributed by atoms with Gasteiger partial charge in [0.05, 0.1) is 6.20 Å². The van der Waals surface area contributed by atoms with Crippen molar-refractivity contribution in [3.8, 4) is 11.4 Å². The summed E-state index contributed by atoms with van der Waals surface area (Å²) >= 11 is 0. The Balaban J connectivity index is 1.84. The van der Waals surface area contributed by atoms with Gasteiger partial charge in [0.2, 0.25) is 5.91 Å². The molecule has 2 N–H and O–H groups in total. The molecule has 0 saturated heterocycles. The molecule has 2 aromatic carbocycles. The first-order valence-corrected chi connectivity index (χ1v) is 7.65. The molecule has 0 spiro atoms. The normalized spacial score (nSPS) is 16.4. The summed E-state index contributed by atoms with van der Waals surface area (Å²) < 4.78 is 28.5. The maximum absolute atomic E-state index is 14.1. The highest BCUT2D eigenvalue weighted by Gasteiger charge is 2.31. The predicted molar refractivity (Wildman–Crippen MR) is 86.7 cm³/mol. The molecule has 7 heteroatoms. The van der Waals surface area contributed by atoms with Crippen LogP contribution in [0.3, 0.4) is 0 Å². The van der Waals surface area contributed by atoms with Crippen LogP contribution in [-0.2, 0) is 4.79 Å². The van der Waals surface area contributed by atoms with E-state index in [1.807, 2.05) is 6.07 Å². The monoisotopic (exact) mass is 341 g/mol. The molecule has 2 heterocycles. The minimum atomic E-state index is -0.778. The molecule has 1 atom stereocenters. The van der Waals surface area contributed by atoms with Crippen molar-refractivity contribution >= 4 is 11.7 Å². The van der Waals surface area contributed by atoms with Crippen LogP contribution in [0.1, 0.15) is 23.5 Å². The number of hydrogen-bond acceptors (Lipinski definition) is 3. The van der Waals surface area contributed by atoms with E-state index in [9.17, 15) is 18.7 Å². The number of fused-ring (bicyclic) bond motifs is 1. The van der Waals surface area contributed by atoms with Crippen molar-refractivity contribution in [1.29, 1.82) is 0 Å². The quantitative estimate of drug-likeness (QED) is 0.751. The molecule has 0 bridgehead atoms. The highest BCUT2D eigenvalue weighted by molar-refractivity contribution is 5.94. The first kappa shape index (κ1) is 15.3. The number of nitrogens with one attached hydrogen (secondary N) is 1. The van der Waals surface area contributed by atoms with Crippen LogP contribution in [0.2, 0.25) is 0 Å². The van der Waals surface area contributed by atoms with Crippen molar-refractivity contribution in [2.75, 3.05) is 5.32 Å². The number of anilines is 1. The summed E-state index contributed by atoms with van der Waals surface area (Å²) in [4.78, 5) is 12.1. The number of nitrogens with zero attached hydrogens (tertiary/aromatic N) is 2. The average molecular weight is 341 g/mol. The summed E-state index contributed by atoms with van der Waals surface area (Å²) in [7, 11) is 0. The lowest BCUT2D eigenvalue weighted by Gasteiger charge is -2.24. The fraction of sp³-hybridized carbons (Fsp3) is 0.111. The van der Waals surface area contributed by atoms with Crippen LogP contribution >= 0.6 is 0 Å². The first-order valence-electron chi connectivity index (χ1n) is 7.65. The Labute approximate surface area is 141 Å². The zero-order chi connectivity index (χ0) is 17.6. The van der Waals surface area contributed by atoms with Crippen molar-refractivity contribution in [3.63, 3.8) is 0 Å². The number of carbonyl (C=O) groups is 1. The summed E-state index contributed by atoms with van der Waals surface area (Å²) in [6.45, 7) is 0. The second-order valence-corrected chi connectivity index (χ2v) is 5.86. The molecule has 3 aromatic rings. The number of amides is 1. The Morgan fingerprint density at radius 3 is 2.80 bits per heavy atom. The van der Waals surface area contributed by atoms with Gasteiger partial charge in [0, 0.05) is 24.0 Å². The molecule has 0 radical (unpaired) electrons. The number of benzene rings is 2. The summed E-state index contributed by atoms with van der Waals surface area (Å²) in [5.74, 6) is -1.58. The third-order valence-electron chi connectivity index (χ3n) is 4.23. The van der Waals surface area contributed by atoms with Crippen LogP contribution < -0.4 is 5.32 Å². The van der Waals surface area contributed by atoms with E-state index in [-0.39, 0.29) is 29.7 Å². The van der Waals surface area contributed by atoms with Gasteiger partial charge in [-0.2, -0.15) is 5.10 Å². The number of carbonyl (C=O) groups excluding carboxylic acids is 1. The third kappa shape index (κ3) is 2.63. The van der Waals surface area contributed by atoms with E-state index in [2.05, 4.69) is 10.4 Å². The molecule has 1 aliphatic heterocycles. The third-order valence-corrected chi connectivity index (χ3v) is 4.23. The zero-order valence-corrected chi connectivity index (χ0v) is 12.9. The molecule has 25 heavy (non-hydrogen) atoms. The van der Waals surface area contributed by atoms with E-state index >= 15 is 0 Å². The van der Waals surface area contributed by atoms with Crippen molar-refractivity contribution in [2.45, 2.75) is 12.3 Å². The number of aromatic hydroxyl groups is 1. The number of phenols is 1. The van der Waals surface area contributed by atoms with Gasteiger partial charge < -0.3 is 10.4 Å². The smallest absolute Gasteiger partial charge is 0.226 e. The van der Waals surface area contributed by atoms with Gasteiger partial charge in [0.15, 0.2) is 5.82 Å². The van der Waals surface area contributed by atoms with E-state index in [4.69, 9.17) is 0 Å². The second kappa shape index (κ2) is 5.70. The van der Waals surface area contributed by atoms with Gasteiger partial charge in [-0.1, -0.05) is 12.1 Å². The van der Waals surface area contributed by atoms with Crippen LogP contribution in [0.25, 0.3) is 5.69 Å². The molecule has 126 valence electrons. The van der Waals surface area contributed by atoms with Crippen molar-refractivity contribution in [1.82, 2.24) is 9.78 Å². The molecule has 0 fully saturated rings. The van der Waals surface area contributed by atoms with E-state index < -0.39 is 11.6 Å². The highest BCUT2D eigenvalue weighted by atomic mass is 19.1. The predicted octanol–water partition coefficient (Wildman–Crippen LogP) is 3.33. The molecule has 4 rings (SSSR count). The maximum Gasteiger partial charge on any atom is 0.226 e. The van der Waals surface area contributed by atoms with Crippen LogP contribution in [0.4, 0.5) is 14.6 Å². The largest absolute Gasteiger partial charge is 0.508 e. The molecule has 1 amide bonds. The average Bonchev–Trinajstić information content (AvgIpc) is 2.97. The van der Waals surface area contributed by atoms with Crippen molar-refractivity contribution in [3.05, 3.63) is 71.4 Å². The summed E-state index contributed by atoms with van der Waals surface area (Å²) in [6.07, 6.45) is 1.74. The van der Waals surface area contributed by atoms with Gasteiger partial charge in [0.25, 0.3) is 0 Å². The van der Waals surface area contributed by atoms with Crippen LogP contribution in [-0.4, -0.2) is 20.8 Å². The number of phenolic OH excluding ortho intramolecular Hbond substituents is 1. The zero-order valence-electron chi connectivity index (χ0n) is 12.9. The summed E-state index contributed by atoms with van der Waals surface area (Å²) in [5.41, 5.74) is 1.50. The molecule has 1 aliphatic rings. The van der Waals surface area contributed by atoms with E-state index in [1.165, 1.54) is 10.7 Å². The lowest BCUT2D eigenvalue weighted by molar-refractivity contribution is -0.116. The van der Waals surface area contributed by atoms with Crippen LogP contribution in [0.5, 0.6) is 5.75 Å². The maximum atomic E-state index is 14.1. The Bertz CT molecular complexity index is 984. The Kier molecular flexibility index (Phi) is 3.49. The Morgan fingerprint density at radius 2 is 2.04 bits per heavy atom.